The van der Waals surface area contributed by atoms with Gasteiger partial charge in [0.15, 0.2) is 6.04 Å². The standard InChI is InChI=1S/C13H11NO3S/c15-12(10-6-7-18-8-10)14-11(13(16)17)9-4-2-1-3-5-9/h1-8,11H,(H,14,15)(H,16,17). The molecule has 1 unspecified atom stereocenters. The minimum atomic E-state index is -1.08. The van der Waals surface area contributed by atoms with Gasteiger partial charge in [-0.2, -0.15) is 11.3 Å². The lowest BCUT2D eigenvalue weighted by Gasteiger charge is -2.14. The van der Waals surface area contributed by atoms with E-state index in [1.165, 1.54) is 11.3 Å². The van der Waals surface area contributed by atoms with Crippen LogP contribution >= 0.6 is 11.3 Å². The van der Waals surface area contributed by atoms with Gasteiger partial charge < -0.3 is 10.4 Å². The highest BCUT2D eigenvalue weighted by Gasteiger charge is 2.22. The van der Waals surface area contributed by atoms with Crippen LogP contribution in [-0.4, -0.2) is 17.0 Å². The van der Waals surface area contributed by atoms with Gasteiger partial charge in [0.05, 0.1) is 5.56 Å². The van der Waals surface area contributed by atoms with Crippen molar-refractivity contribution in [3.8, 4) is 0 Å². The molecule has 0 aliphatic rings. The molecule has 5 heteroatoms. The topological polar surface area (TPSA) is 66.4 Å². The van der Waals surface area contributed by atoms with Crippen molar-refractivity contribution in [3.05, 3.63) is 58.3 Å². The Morgan fingerprint density at radius 1 is 1.17 bits per heavy atom. The molecule has 2 aromatic rings. The Balaban J connectivity index is 2.18. The van der Waals surface area contributed by atoms with Gasteiger partial charge in [0.25, 0.3) is 5.91 Å². The maximum atomic E-state index is 11.8. The van der Waals surface area contributed by atoms with E-state index in [9.17, 15) is 9.59 Å². The monoisotopic (exact) mass is 261 g/mol. The van der Waals surface area contributed by atoms with E-state index in [4.69, 9.17) is 5.11 Å². The number of rotatable bonds is 4. The van der Waals surface area contributed by atoms with Gasteiger partial charge in [0.2, 0.25) is 0 Å². The van der Waals surface area contributed by atoms with E-state index in [2.05, 4.69) is 5.32 Å². The summed E-state index contributed by atoms with van der Waals surface area (Å²) in [5.74, 6) is -1.46. The Bertz CT molecular complexity index is 537. The lowest BCUT2D eigenvalue weighted by Crippen LogP contribution is -2.33. The smallest absolute Gasteiger partial charge is 0.330 e. The molecule has 18 heavy (non-hydrogen) atoms. The molecule has 2 N–H and O–H groups in total. The number of hydrogen-bond donors (Lipinski definition) is 2. The minimum Gasteiger partial charge on any atom is -0.479 e. The van der Waals surface area contributed by atoms with E-state index in [1.807, 2.05) is 0 Å². The maximum absolute atomic E-state index is 11.8. The van der Waals surface area contributed by atoms with Crippen LogP contribution in [0.15, 0.2) is 47.2 Å². The molecule has 0 aliphatic carbocycles. The van der Waals surface area contributed by atoms with Crippen molar-refractivity contribution in [3.63, 3.8) is 0 Å². The zero-order chi connectivity index (χ0) is 13.0. The number of carboxylic acid groups (broad SMARTS) is 1. The Hall–Kier alpha value is -2.14. The highest BCUT2D eigenvalue weighted by atomic mass is 32.1. The quantitative estimate of drug-likeness (QED) is 0.887. The Kier molecular flexibility index (Phi) is 3.74. The SMILES string of the molecule is O=C(NC(C(=O)O)c1ccccc1)c1ccsc1. The van der Waals surface area contributed by atoms with Crippen molar-refractivity contribution < 1.29 is 14.7 Å². The summed E-state index contributed by atoms with van der Waals surface area (Å²) in [6.07, 6.45) is 0. The van der Waals surface area contributed by atoms with Crippen LogP contribution in [0.25, 0.3) is 0 Å². The number of nitrogens with one attached hydrogen (secondary N) is 1. The molecule has 1 amide bonds. The van der Waals surface area contributed by atoms with Crippen molar-refractivity contribution in [2.75, 3.05) is 0 Å². The number of benzene rings is 1. The van der Waals surface area contributed by atoms with E-state index in [0.717, 1.165) is 0 Å². The summed E-state index contributed by atoms with van der Waals surface area (Å²) in [4.78, 5) is 23.0. The number of thiophene rings is 1. The zero-order valence-corrected chi connectivity index (χ0v) is 10.2. The molecule has 92 valence electrons. The zero-order valence-electron chi connectivity index (χ0n) is 9.37. The Morgan fingerprint density at radius 3 is 2.44 bits per heavy atom. The normalized spacial score (nSPS) is 11.8. The fourth-order valence-corrected chi connectivity index (χ4v) is 2.18. The van der Waals surface area contributed by atoms with E-state index in [-0.39, 0.29) is 5.91 Å². The van der Waals surface area contributed by atoms with Gasteiger partial charge >= 0.3 is 5.97 Å². The molecule has 1 heterocycles. The van der Waals surface area contributed by atoms with Crippen LogP contribution in [0.2, 0.25) is 0 Å². The first-order valence-corrected chi connectivity index (χ1v) is 6.23. The second-order valence-electron chi connectivity index (χ2n) is 3.67. The summed E-state index contributed by atoms with van der Waals surface area (Å²) in [7, 11) is 0. The van der Waals surface area contributed by atoms with Crippen molar-refractivity contribution in [2.45, 2.75) is 6.04 Å². The molecule has 0 bridgehead atoms. The predicted octanol–water partition coefficient (Wildman–Crippen LogP) is 2.30. The fourth-order valence-electron chi connectivity index (χ4n) is 1.54. The van der Waals surface area contributed by atoms with Gasteiger partial charge in [-0.3, -0.25) is 4.79 Å². The van der Waals surface area contributed by atoms with Gasteiger partial charge in [0.1, 0.15) is 0 Å². The van der Waals surface area contributed by atoms with Gasteiger partial charge in [-0.25, -0.2) is 4.79 Å². The third-order valence-electron chi connectivity index (χ3n) is 2.44. The van der Waals surface area contributed by atoms with Gasteiger partial charge in [-0.05, 0) is 17.0 Å². The minimum absolute atomic E-state index is 0.382. The fraction of sp³-hybridized carbons (Fsp3) is 0.0769. The second-order valence-corrected chi connectivity index (χ2v) is 4.45. The van der Waals surface area contributed by atoms with Crippen LogP contribution in [0.3, 0.4) is 0 Å². The highest BCUT2D eigenvalue weighted by molar-refractivity contribution is 7.08. The molecule has 0 fully saturated rings. The van der Waals surface area contributed by atoms with E-state index in [1.54, 1.807) is 47.2 Å². The molecule has 0 saturated heterocycles. The van der Waals surface area contributed by atoms with Crippen molar-refractivity contribution in [1.82, 2.24) is 5.32 Å². The second kappa shape index (κ2) is 5.46. The Morgan fingerprint density at radius 2 is 1.89 bits per heavy atom. The average molecular weight is 261 g/mol. The number of carbonyl (C=O) groups excluding carboxylic acids is 1. The molecule has 4 nitrogen and oxygen atoms in total. The van der Waals surface area contributed by atoms with Gasteiger partial charge in [0, 0.05) is 5.38 Å². The van der Waals surface area contributed by atoms with E-state index < -0.39 is 12.0 Å². The summed E-state index contributed by atoms with van der Waals surface area (Å²) in [6.45, 7) is 0. The lowest BCUT2D eigenvalue weighted by molar-refractivity contribution is -0.139. The average Bonchev–Trinajstić information content (AvgIpc) is 2.90. The third kappa shape index (κ3) is 2.75. The molecule has 1 aromatic carbocycles. The first kappa shape index (κ1) is 12.3. The van der Waals surface area contributed by atoms with Crippen LogP contribution in [-0.2, 0) is 4.79 Å². The van der Waals surface area contributed by atoms with E-state index >= 15 is 0 Å². The van der Waals surface area contributed by atoms with Crippen molar-refractivity contribution in [1.29, 1.82) is 0 Å². The number of carboxylic acids is 1. The molecular weight excluding hydrogens is 250 g/mol. The highest BCUT2D eigenvalue weighted by Crippen LogP contribution is 2.14. The first-order valence-electron chi connectivity index (χ1n) is 5.29. The van der Waals surface area contributed by atoms with Crippen LogP contribution < -0.4 is 5.32 Å². The largest absolute Gasteiger partial charge is 0.479 e. The summed E-state index contributed by atoms with van der Waals surface area (Å²) < 4.78 is 0. The summed E-state index contributed by atoms with van der Waals surface area (Å²) >= 11 is 1.39. The molecular formula is C13H11NO3S. The molecule has 2 rings (SSSR count). The molecule has 1 atom stereocenters. The summed E-state index contributed by atoms with van der Waals surface area (Å²) in [5, 5.41) is 15.1. The first-order chi connectivity index (χ1) is 8.68. The third-order valence-corrected chi connectivity index (χ3v) is 3.12. The van der Waals surface area contributed by atoms with Crippen LogP contribution in [0.5, 0.6) is 0 Å². The molecule has 0 spiro atoms. The number of amides is 1. The molecule has 0 saturated carbocycles. The Labute approximate surface area is 108 Å². The summed E-state index contributed by atoms with van der Waals surface area (Å²) in [5.41, 5.74) is 1.02. The van der Waals surface area contributed by atoms with E-state index in [0.29, 0.717) is 11.1 Å². The maximum Gasteiger partial charge on any atom is 0.330 e. The molecule has 1 aromatic heterocycles. The van der Waals surface area contributed by atoms with Crippen LogP contribution in [0, 0.1) is 0 Å². The molecule has 0 aliphatic heterocycles. The van der Waals surface area contributed by atoms with Crippen molar-refractivity contribution >= 4 is 23.2 Å². The predicted molar refractivity (Wildman–Crippen MR) is 68.6 cm³/mol. The van der Waals surface area contributed by atoms with Crippen LogP contribution in [0.4, 0.5) is 0 Å². The van der Waals surface area contributed by atoms with Gasteiger partial charge in [-0.15, -0.1) is 0 Å². The number of carbonyl (C=O) groups is 2. The van der Waals surface area contributed by atoms with Crippen LogP contribution in [0.1, 0.15) is 22.0 Å². The molecule has 0 radical (unpaired) electrons. The number of aliphatic carboxylic acids is 1. The summed E-state index contributed by atoms with van der Waals surface area (Å²) in [6, 6.07) is 9.25. The van der Waals surface area contributed by atoms with Gasteiger partial charge in [-0.1, -0.05) is 30.3 Å². The number of hydrogen-bond acceptors (Lipinski definition) is 3. The lowest BCUT2D eigenvalue weighted by atomic mass is 10.1. The van der Waals surface area contributed by atoms with Crippen molar-refractivity contribution in [2.24, 2.45) is 0 Å².